The standard InChI is InChI=1S/C14H16BrFN4O/c1-3-4-12-18-13(20-17)8(2)14(19-12)21-9-5-6-11(16)10(15)7-9/h5-7H,3-4,17H2,1-2H3,(H,18,19,20). The number of halogens is 2. The predicted molar refractivity (Wildman–Crippen MR) is 82.7 cm³/mol. The molecule has 0 unspecified atom stereocenters. The van der Waals surface area contributed by atoms with Gasteiger partial charge in [0.2, 0.25) is 5.88 Å². The van der Waals surface area contributed by atoms with Gasteiger partial charge in [0.05, 0.1) is 10.0 Å². The molecule has 0 aliphatic rings. The van der Waals surface area contributed by atoms with E-state index in [1.807, 2.05) is 6.92 Å². The molecule has 1 heterocycles. The van der Waals surface area contributed by atoms with E-state index in [4.69, 9.17) is 10.6 Å². The number of ether oxygens (including phenoxy) is 1. The fraction of sp³-hybridized carbons (Fsp3) is 0.286. The van der Waals surface area contributed by atoms with Crippen molar-refractivity contribution in [3.05, 3.63) is 39.9 Å². The Hall–Kier alpha value is -1.73. The number of nitrogens with two attached hydrogens (primary N) is 1. The lowest BCUT2D eigenvalue weighted by Crippen LogP contribution is -2.13. The molecule has 2 aromatic rings. The Labute approximate surface area is 130 Å². The maximum absolute atomic E-state index is 13.2. The van der Waals surface area contributed by atoms with Gasteiger partial charge in [0.1, 0.15) is 23.2 Å². The van der Waals surface area contributed by atoms with Gasteiger partial charge in [0, 0.05) is 6.42 Å². The van der Waals surface area contributed by atoms with Gasteiger partial charge in [-0.25, -0.2) is 15.2 Å². The van der Waals surface area contributed by atoms with Gasteiger partial charge in [0.15, 0.2) is 0 Å². The number of benzene rings is 1. The molecule has 21 heavy (non-hydrogen) atoms. The van der Waals surface area contributed by atoms with Crippen molar-refractivity contribution in [1.29, 1.82) is 0 Å². The van der Waals surface area contributed by atoms with E-state index in [-0.39, 0.29) is 5.82 Å². The highest BCUT2D eigenvalue weighted by Gasteiger charge is 2.13. The van der Waals surface area contributed by atoms with Gasteiger partial charge in [-0.3, -0.25) is 0 Å². The summed E-state index contributed by atoms with van der Waals surface area (Å²) in [6.07, 6.45) is 1.63. The van der Waals surface area contributed by atoms with Crippen molar-refractivity contribution in [3.63, 3.8) is 0 Å². The fourth-order valence-electron chi connectivity index (χ4n) is 1.77. The Bertz CT molecular complexity index is 651. The number of hydrazine groups is 1. The van der Waals surface area contributed by atoms with E-state index in [0.717, 1.165) is 12.8 Å². The Morgan fingerprint density at radius 2 is 2.14 bits per heavy atom. The first kappa shape index (κ1) is 15.7. The molecule has 0 aliphatic heterocycles. The summed E-state index contributed by atoms with van der Waals surface area (Å²) >= 11 is 3.13. The van der Waals surface area contributed by atoms with Crippen LogP contribution >= 0.6 is 15.9 Å². The van der Waals surface area contributed by atoms with E-state index in [2.05, 4.69) is 31.3 Å². The van der Waals surface area contributed by atoms with E-state index in [0.29, 0.717) is 33.3 Å². The zero-order valence-corrected chi connectivity index (χ0v) is 13.4. The smallest absolute Gasteiger partial charge is 0.227 e. The van der Waals surface area contributed by atoms with Gasteiger partial charge in [-0.05, 0) is 47.5 Å². The first-order valence-electron chi connectivity index (χ1n) is 6.52. The van der Waals surface area contributed by atoms with E-state index in [1.54, 1.807) is 13.0 Å². The van der Waals surface area contributed by atoms with Gasteiger partial charge >= 0.3 is 0 Å². The average molecular weight is 355 g/mol. The maximum Gasteiger partial charge on any atom is 0.227 e. The van der Waals surface area contributed by atoms with Gasteiger partial charge in [-0.2, -0.15) is 4.98 Å². The van der Waals surface area contributed by atoms with Crippen molar-refractivity contribution in [1.82, 2.24) is 9.97 Å². The summed E-state index contributed by atoms with van der Waals surface area (Å²) in [5.41, 5.74) is 3.23. The molecule has 1 aromatic carbocycles. The van der Waals surface area contributed by atoms with Crippen LogP contribution in [0.3, 0.4) is 0 Å². The molecule has 0 saturated heterocycles. The summed E-state index contributed by atoms with van der Waals surface area (Å²) in [6, 6.07) is 4.41. The lowest BCUT2D eigenvalue weighted by atomic mass is 10.2. The third-order valence-corrected chi connectivity index (χ3v) is 3.47. The zero-order chi connectivity index (χ0) is 15.4. The molecule has 5 nitrogen and oxygen atoms in total. The second kappa shape index (κ2) is 6.82. The van der Waals surface area contributed by atoms with Crippen LogP contribution in [0.5, 0.6) is 11.6 Å². The molecule has 0 spiro atoms. The number of nitrogens with zero attached hydrogens (tertiary/aromatic N) is 2. The number of hydrogen-bond donors (Lipinski definition) is 2. The summed E-state index contributed by atoms with van der Waals surface area (Å²) in [4.78, 5) is 8.70. The fourth-order valence-corrected chi connectivity index (χ4v) is 2.13. The SMILES string of the molecule is CCCc1nc(NN)c(C)c(Oc2ccc(F)c(Br)c2)n1. The average Bonchev–Trinajstić information content (AvgIpc) is 2.46. The second-order valence-electron chi connectivity index (χ2n) is 4.49. The Kier molecular flexibility index (Phi) is 5.08. The first-order chi connectivity index (χ1) is 10.0. The Morgan fingerprint density at radius 3 is 2.76 bits per heavy atom. The molecule has 0 fully saturated rings. The number of hydrogen-bond acceptors (Lipinski definition) is 5. The van der Waals surface area contributed by atoms with Crippen molar-refractivity contribution in [2.24, 2.45) is 5.84 Å². The first-order valence-corrected chi connectivity index (χ1v) is 7.31. The molecule has 0 bridgehead atoms. The number of aromatic nitrogens is 2. The van der Waals surface area contributed by atoms with E-state index < -0.39 is 0 Å². The van der Waals surface area contributed by atoms with Crippen LogP contribution in [0.15, 0.2) is 22.7 Å². The molecule has 0 saturated carbocycles. The molecule has 0 atom stereocenters. The van der Waals surface area contributed by atoms with E-state index in [9.17, 15) is 4.39 Å². The van der Waals surface area contributed by atoms with Crippen LogP contribution in [0.2, 0.25) is 0 Å². The molecular weight excluding hydrogens is 339 g/mol. The lowest BCUT2D eigenvalue weighted by molar-refractivity contribution is 0.452. The molecule has 0 amide bonds. The minimum absolute atomic E-state index is 0.331. The van der Waals surface area contributed by atoms with Crippen molar-refractivity contribution in [2.45, 2.75) is 26.7 Å². The third-order valence-electron chi connectivity index (χ3n) is 2.86. The van der Waals surface area contributed by atoms with Crippen molar-refractivity contribution in [3.8, 4) is 11.6 Å². The van der Waals surface area contributed by atoms with Crippen LogP contribution < -0.4 is 16.0 Å². The van der Waals surface area contributed by atoms with Crippen LogP contribution in [0.4, 0.5) is 10.2 Å². The summed E-state index contributed by atoms with van der Waals surface area (Å²) in [5.74, 6) is 7.17. The molecule has 7 heteroatoms. The second-order valence-corrected chi connectivity index (χ2v) is 5.35. The third kappa shape index (κ3) is 3.68. The van der Waals surface area contributed by atoms with Crippen LogP contribution in [0.1, 0.15) is 24.7 Å². The van der Waals surface area contributed by atoms with Crippen LogP contribution in [-0.2, 0) is 6.42 Å². The van der Waals surface area contributed by atoms with E-state index >= 15 is 0 Å². The van der Waals surface area contributed by atoms with Gasteiger partial charge < -0.3 is 10.2 Å². The summed E-state index contributed by atoms with van der Waals surface area (Å²) in [6.45, 7) is 3.84. The Balaban J connectivity index is 2.37. The van der Waals surface area contributed by atoms with Crippen molar-refractivity contribution in [2.75, 3.05) is 5.43 Å². The molecule has 3 N–H and O–H groups in total. The number of anilines is 1. The minimum atomic E-state index is -0.349. The molecule has 112 valence electrons. The molecule has 2 rings (SSSR count). The highest BCUT2D eigenvalue weighted by atomic mass is 79.9. The Morgan fingerprint density at radius 1 is 1.38 bits per heavy atom. The maximum atomic E-state index is 13.2. The zero-order valence-electron chi connectivity index (χ0n) is 11.8. The molecule has 1 aromatic heterocycles. The van der Waals surface area contributed by atoms with Crippen molar-refractivity contribution >= 4 is 21.7 Å². The lowest BCUT2D eigenvalue weighted by Gasteiger charge is -2.12. The molecular formula is C14H16BrFN4O. The topological polar surface area (TPSA) is 73.1 Å². The van der Waals surface area contributed by atoms with Gasteiger partial charge in [-0.15, -0.1) is 0 Å². The summed E-state index contributed by atoms with van der Waals surface area (Å²) < 4.78 is 19.3. The molecule has 0 aliphatic carbocycles. The van der Waals surface area contributed by atoms with Gasteiger partial charge in [0.25, 0.3) is 0 Å². The predicted octanol–water partition coefficient (Wildman–Crippen LogP) is 3.72. The van der Waals surface area contributed by atoms with Gasteiger partial charge in [-0.1, -0.05) is 6.92 Å². The molecule has 0 radical (unpaired) electrons. The van der Waals surface area contributed by atoms with Crippen LogP contribution in [0.25, 0.3) is 0 Å². The van der Waals surface area contributed by atoms with Crippen LogP contribution in [-0.4, -0.2) is 9.97 Å². The van der Waals surface area contributed by atoms with Crippen LogP contribution in [0, 0.1) is 12.7 Å². The number of nitrogens with one attached hydrogen (secondary N) is 1. The number of nitrogen functional groups attached to an aromatic ring is 1. The monoisotopic (exact) mass is 354 g/mol. The minimum Gasteiger partial charge on any atom is -0.439 e. The van der Waals surface area contributed by atoms with E-state index in [1.165, 1.54) is 12.1 Å². The quantitative estimate of drug-likeness (QED) is 0.632. The summed E-state index contributed by atoms with van der Waals surface area (Å²) in [5, 5.41) is 0. The highest BCUT2D eigenvalue weighted by Crippen LogP contribution is 2.29. The largest absolute Gasteiger partial charge is 0.439 e. The number of rotatable bonds is 5. The van der Waals surface area contributed by atoms with Crippen molar-refractivity contribution < 1.29 is 9.13 Å². The highest BCUT2D eigenvalue weighted by molar-refractivity contribution is 9.10. The number of aryl methyl sites for hydroxylation is 1. The normalized spacial score (nSPS) is 10.5. The summed E-state index contributed by atoms with van der Waals surface area (Å²) in [7, 11) is 0.